The number of carbonyl (C=O) groups is 1. The lowest BCUT2D eigenvalue weighted by atomic mass is 10.0. The molecule has 3 heteroatoms. The van der Waals surface area contributed by atoms with Gasteiger partial charge in [-0.25, -0.2) is 0 Å². The fourth-order valence-electron chi connectivity index (χ4n) is 3.57. The zero-order chi connectivity index (χ0) is 14.9. The summed E-state index contributed by atoms with van der Waals surface area (Å²) >= 11 is 0. The van der Waals surface area contributed by atoms with Crippen LogP contribution in [0, 0.1) is 5.92 Å². The van der Waals surface area contributed by atoms with Gasteiger partial charge in [-0.05, 0) is 48.1 Å². The number of amides is 1. The van der Waals surface area contributed by atoms with Crippen molar-refractivity contribution in [3.8, 4) is 0 Å². The summed E-state index contributed by atoms with van der Waals surface area (Å²) in [5.74, 6) is 0.816. The van der Waals surface area contributed by atoms with Gasteiger partial charge in [-0.1, -0.05) is 42.5 Å². The average Bonchev–Trinajstić information content (AvgIpc) is 3.36. The van der Waals surface area contributed by atoms with Gasteiger partial charge in [0, 0.05) is 18.5 Å². The predicted octanol–water partition coefficient (Wildman–Crippen LogP) is 2.81. The van der Waals surface area contributed by atoms with Crippen LogP contribution in [0.2, 0.25) is 0 Å². The van der Waals surface area contributed by atoms with E-state index < -0.39 is 0 Å². The number of carbonyl (C=O) groups excluding carboxylic acids is 1. The van der Waals surface area contributed by atoms with Crippen LogP contribution in [-0.2, 0) is 4.79 Å². The summed E-state index contributed by atoms with van der Waals surface area (Å²) in [4.78, 5) is 12.4. The largest absolute Gasteiger partial charge is 0.352 e. The fourth-order valence-corrected chi connectivity index (χ4v) is 3.57. The monoisotopic (exact) mass is 294 g/mol. The molecular formula is C19H22N2O. The van der Waals surface area contributed by atoms with Crippen molar-refractivity contribution in [1.82, 2.24) is 10.6 Å². The molecule has 0 bridgehead atoms. The van der Waals surface area contributed by atoms with Crippen molar-refractivity contribution >= 4 is 16.7 Å². The number of rotatable bonds is 3. The molecule has 2 aromatic carbocycles. The summed E-state index contributed by atoms with van der Waals surface area (Å²) < 4.78 is 0. The third-order valence-electron chi connectivity index (χ3n) is 4.97. The molecular weight excluding hydrogens is 272 g/mol. The van der Waals surface area contributed by atoms with Crippen molar-refractivity contribution in [1.29, 1.82) is 0 Å². The quantitative estimate of drug-likeness (QED) is 0.914. The third-order valence-corrected chi connectivity index (χ3v) is 4.97. The Hall–Kier alpha value is -1.87. The second-order valence-electron chi connectivity index (χ2n) is 6.61. The molecule has 114 valence electrons. The van der Waals surface area contributed by atoms with Gasteiger partial charge in [0.15, 0.2) is 0 Å². The number of benzene rings is 2. The van der Waals surface area contributed by atoms with Crippen molar-refractivity contribution < 1.29 is 4.79 Å². The lowest BCUT2D eigenvalue weighted by Gasteiger charge is -2.23. The molecule has 3 atom stereocenters. The maximum Gasteiger partial charge on any atom is 0.224 e. The maximum absolute atomic E-state index is 12.4. The molecule has 1 heterocycles. The lowest BCUT2D eigenvalue weighted by molar-refractivity contribution is -0.123. The summed E-state index contributed by atoms with van der Waals surface area (Å²) in [5, 5.41) is 9.10. The SMILES string of the molecule is O=C(NC1CCCNC1)C1CC1c1ccc2ccccc2c1. The topological polar surface area (TPSA) is 41.1 Å². The molecule has 0 radical (unpaired) electrons. The Bertz CT molecular complexity index is 691. The van der Waals surface area contributed by atoms with E-state index in [1.807, 2.05) is 0 Å². The van der Waals surface area contributed by atoms with Gasteiger partial charge in [0.25, 0.3) is 0 Å². The molecule has 1 saturated carbocycles. The third kappa shape index (κ3) is 2.73. The molecule has 0 spiro atoms. The Labute approximate surface area is 131 Å². The van der Waals surface area contributed by atoms with Crippen molar-refractivity contribution in [3.63, 3.8) is 0 Å². The Kier molecular flexibility index (Phi) is 3.59. The van der Waals surface area contributed by atoms with Crippen LogP contribution in [0.15, 0.2) is 42.5 Å². The summed E-state index contributed by atoms with van der Waals surface area (Å²) in [5.41, 5.74) is 1.31. The first-order valence-corrected chi connectivity index (χ1v) is 8.31. The predicted molar refractivity (Wildman–Crippen MR) is 88.8 cm³/mol. The minimum Gasteiger partial charge on any atom is -0.352 e. The van der Waals surface area contributed by atoms with E-state index in [1.165, 1.54) is 16.3 Å². The van der Waals surface area contributed by atoms with Crippen LogP contribution in [0.5, 0.6) is 0 Å². The summed E-state index contributed by atoms with van der Waals surface area (Å²) in [6.07, 6.45) is 3.25. The molecule has 1 saturated heterocycles. The highest BCUT2D eigenvalue weighted by atomic mass is 16.2. The highest BCUT2D eigenvalue weighted by Crippen LogP contribution is 2.48. The molecule has 2 N–H and O–H groups in total. The van der Waals surface area contributed by atoms with Crippen LogP contribution in [-0.4, -0.2) is 25.0 Å². The van der Waals surface area contributed by atoms with Crippen LogP contribution in [0.4, 0.5) is 0 Å². The molecule has 2 aromatic rings. The Morgan fingerprint density at radius 2 is 2.00 bits per heavy atom. The highest BCUT2D eigenvalue weighted by Gasteiger charge is 2.44. The van der Waals surface area contributed by atoms with E-state index in [4.69, 9.17) is 0 Å². The molecule has 3 nitrogen and oxygen atoms in total. The van der Waals surface area contributed by atoms with Gasteiger partial charge >= 0.3 is 0 Å². The van der Waals surface area contributed by atoms with E-state index >= 15 is 0 Å². The lowest BCUT2D eigenvalue weighted by Crippen LogP contribution is -2.46. The zero-order valence-electron chi connectivity index (χ0n) is 12.7. The van der Waals surface area contributed by atoms with Crippen molar-refractivity contribution in [2.45, 2.75) is 31.2 Å². The smallest absolute Gasteiger partial charge is 0.224 e. The Morgan fingerprint density at radius 3 is 2.82 bits per heavy atom. The normalized spacial score (nSPS) is 27.5. The van der Waals surface area contributed by atoms with Crippen LogP contribution in [0.25, 0.3) is 10.8 Å². The molecule has 4 rings (SSSR count). The van der Waals surface area contributed by atoms with Gasteiger partial charge in [0.2, 0.25) is 5.91 Å². The van der Waals surface area contributed by atoms with Gasteiger partial charge in [-0.3, -0.25) is 4.79 Å². The second-order valence-corrected chi connectivity index (χ2v) is 6.61. The summed E-state index contributed by atoms with van der Waals surface area (Å²) in [6.45, 7) is 1.99. The first kappa shape index (κ1) is 13.8. The minimum absolute atomic E-state index is 0.170. The van der Waals surface area contributed by atoms with Gasteiger partial charge < -0.3 is 10.6 Å². The van der Waals surface area contributed by atoms with Gasteiger partial charge in [0.1, 0.15) is 0 Å². The van der Waals surface area contributed by atoms with Gasteiger partial charge in [0.05, 0.1) is 0 Å². The molecule has 1 amide bonds. The number of hydrogen-bond acceptors (Lipinski definition) is 2. The van der Waals surface area contributed by atoms with Crippen LogP contribution in [0.1, 0.15) is 30.7 Å². The number of fused-ring (bicyclic) bond motifs is 1. The van der Waals surface area contributed by atoms with Crippen LogP contribution in [0.3, 0.4) is 0 Å². The molecule has 0 aromatic heterocycles. The van der Waals surface area contributed by atoms with Crippen LogP contribution < -0.4 is 10.6 Å². The Balaban J connectivity index is 1.42. The summed E-state index contributed by atoms with van der Waals surface area (Å²) in [6, 6.07) is 15.3. The second kappa shape index (κ2) is 5.73. The molecule has 1 aliphatic heterocycles. The minimum atomic E-state index is 0.170. The average molecular weight is 294 g/mol. The summed E-state index contributed by atoms with van der Waals surface area (Å²) in [7, 11) is 0. The highest BCUT2D eigenvalue weighted by molar-refractivity contribution is 5.86. The zero-order valence-corrected chi connectivity index (χ0v) is 12.7. The number of hydrogen-bond donors (Lipinski definition) is 2. The molecule has 2 aliphatic rings. The van der Waals surface area contributed by atoms with E-state index in [9.17, 15) is 4.79 Å². The molecule has 2 fully saturated rings. The van der Waals surface area contributed by atoms with Gasteiger partial charge in [-0.15, -0.1) is 0 Å². The van der Waals surface area contributed by atoms with Crippen molar-refractivity contribution in [3.05, 3.63) is 48.0 Å². The first-order chi connectivity index (χ1) is 10.8. The first-order valence-electron chi connectivity index (χ1n) is 8.31. The molecule has 3 unspecified atom stereocenters. The van der Waals surface area contributed by atoms with E-state index in [-0.39, 0.29) is 11.8 Å². The van der Waals surface area contributed by atoms with Gasteiger partial charge in [-0.2, -0.15) is 0 Å². The fraction of sp³-hybridized carbons (Fsp3) is 0.421. The van der Waals surface area contributed by atoms with Crippen molar-refractivity contribution in [2.24, 2.45) is 5.92 Å². The van der Waals surface area contributed by atoms with E-state index in [2.05, 4.69) is 53.1 Å². The maximum atomic E-state index is 12.4. The molecule has 22 heavy (non-hydrogen) atoms. The van der Waals surface area contributed by atoms with Crippen molar-refractivity contribution in [2.75, 3.05) is 13.1 Å². The van der Waals surface area contributed by atoms with E-state index in [1.54, 1.807) is 0 Å². The Morgan fingerprint density at radius 1 is 1.14 bits per heavy atom. The van der Waals surface area contributed by atoms with Crippen LogP contribution >= 0.6 is 0 Å². The van der Waals surface area contributed by atoms with E-state index in [0.717, 1.165) is 32.4 Å². The number of piperidine rings is 1. The number of nitrogens with one attached hydrogen (secondary N) is 2. The van der Waals surface area contributed by atoms with E-state index in [0.29, 0.717) is 12.0 Å². The standard InChI is InChI=1S/C19H22N2O/c22-19(21-16-6-3-9-20-12-16)18-11-17(18)15-8-7-13-4-1-2-5-14(13)10-15/h1-2,4-5,7-8,10,16-18,20H,3,6,9,11-12H2,(H,21,22). The molecule has 1 aliphatic carbocycles.